The van der Waals surface area contributed by atoms with Crippen molar-refractivity contribution in [2.24, 2.45) is 5.92 Å². The van der Waals surface area contributed by atoms with Gasteiger partial charge in [0.15, 0.2) is 0 Å². The van der Waals surface area contributed by atoms with Crippen LogP contribution in [0.2, 0.25) is 0 Å². The van der Waals surface area contributed by atoms with E-state index in [9.17, 15) is 9.59 Å². The number of aliphatic hydroxyl groups excluding tert-OH is 1. The molecule has 2 aliphatic rings. The quantitative estimate of drug-likeness (QED) is 0.824. The molecule has 6 heteroatoms. The third kappa shape index (κ3) is 4.33. The molecule has 1 atom stereocenters. The van der Waals surface area contributed by atoms with Crippen LogP contribution in [-0.2, 0) is 4.79 Å². The van der Waals surface area contributed by atoms with Crippen LogP contribution in [0, 0.1) is 5.92 Å². The Morgan fingerprint density at radius 3 is 2.38 bits per heavy atom. The first-order chi connectivity index (χ1) is 10.1. The number of carboxylic acids is 1. The molecule has 2 amide bonds. The van der Waals surface area contributed by atoms with Crippen molar-refractivity contribution in [1.82, 2.24) is 9.80 Å². The highest BCUT2D eigenvalue weighted by atomic mass is 16.4. The second-order valence-electron chi connectivity index (χ2n) is 6.17. The van der Waals surface area contributed by atoms with E-state index in [4.69, 9.17) is 10.2 Å². The standard InChI is InChI=1S/C15H26N2O4/c18-10-6-13-3-1-2-7-17(13)15(21)16-8-4-12(5-9-16)11-14(19)20/h12-13,18H,1-11H2,(H,19,20). The van der Waals surface area contributed by atoms with E-state index in [1.165, 1.54) is 0 Å². The van der Waals surface area contributed by atoms with Gasteiger partial charge in [0, 0.05) is 38.7 Å². The number of likely N-dealkylation sites (tertiary alicyclic amines) is 2. The summed E-state index contributed by atoms with van der Waals surface area (Å²) in [5.41, 5.74) is 0. The van der Waals surface area contributed by atoms with Crippen LogP contribution in [0.15, 0.2) is 0 Å². The number of nitrogens with zero attached hydrogens (tertiary/aromatic N) is 2. The molecular weight excluding hydrogens is 272 g/mol. The molecule has 2 N–H and O–H groups in total. The average molecular weight is 298 g/mol. The van der Waals surface area contributed by atoms with Gasteiger partial charge in [-0.1, -0.05) is 0 Å². The summed E-state index contributed by atoms with van der Waals surface area (Å²) in [6, 6.07) is 0.231. The Balaban J connectivity index is 1.86. The average Bonchev–Trinajstić information content (AvgIpc) is 2.48. The van der Waals surface area contributed by atoms with Crippen LogP contribution >= 0.6 is 0 Å². The maximum absolute atomic E-state index is 12.6. The molecule has 0 saturated carbocycles. The zero-order valence-corrected chi connectivity index (χ0v) is 12.5. The van der Waals surface area contributed by atoms with Crippen molar-refractivity contribution in [3.8, 4) is 0 Å². The highest BCUT2D eigenvalue weighted by Gasteiger charge is 2.32. The molecule has 2 heterocycles. The number of amides is 2. The van der Waals surface area contributed by atoms with Gasteiger partial charge in [0.2, 0.25) is 0 Å². The first-order valence-corrected chi connectivity index (χ1v) is 8.00. The molecule has 6 nitrogen and oxygen atoms in total. The Hall–Kier alpha value is -1.30. The Morgan fingerprint density at radius 1 is 1.05 bits per heavy atom. The fourth-order valence-corrected chi connectivity index (χ4v) is 3.46. The molecule has 120 valence electrons. The van der Waals surface area contributed by atoms with Crippen LogP contribution in [0.5, 0.6) is 0 Å². The van der Waals surface area contributed by atoms with Gasteiger partial charge in [-0.05, 0) is 44.4 Å². The number of carboxylic acid groups (broad SMARTS) is 1. The van der Waals surface area contributed by atoms with E-state index in [2.05, 4.69) is 0 Å². The molecule has 2 rings (SSSR count). The Labute approximate surface area is 125 Å². The zero-order valence-electron chi connectivity index (χ0n) is 12.5. The van der Waals surface area contributed by atoms with Crippen LogP contribution in [0.25, 0.3) is 0 Å². The molecule has 2 aliphatic heterocycles. The van der Waals surface area contributed by atoms with E-state index in [1.807, 2.05) is 9.80 Å². The molecule has 0 aromatic rings. The first-order valence-electron chi connectivity index (χ1n) is 8.00. The summed E-state index contributed by atoms with van der Waals surface area (Å²) in [7, 11) is 0. The molecule has 0 aromatic carbocycles. The molecule has 0 radical (unpaired) electrons. The SMILES string of the molecule is O=C(O)CC1CCN(C(=O)N2CCCCC2CCO)CC1. The zero-order chi connectivity index (χ0) is 15.2. The fraction of sp³-hybridized carbons (Fsp3) is 0.867. The van der Waals surface area contributed by atoms with Crippen LogP contribution in [0.3, 0.4) is 0 Å². The molecule has 0 aromatic heterocycles. The predicted molar refractivity (Wildman–Crippen MR) is 78.0 cm³/mol. The number of rotatable bonds is 4. The number of urea groups is 1. The number of hydrogen-bond donors (Lipinski definition) is 2. The van der Waals surface area contributed by atoms with Crippen LogP contribution in [0.1, 0.15) is 44.9 Å². The van der Waals surface area contributed by atoms with Gasteiger partial charge in [-0.15, -0.1) is 0 Å². The van der Waals surface area contributed by atoms with Crippen molar-refractivity contribution in [1.29, 1.82) is 0 Å². The monoisotopic (exact) mass is 298 g/mol. The lowest BCUT2D eigenvalue weighted by Crippen LogP contribution is -2.52. The fourth-order valence-electron chi connectivity index (χ4n) is 3.46. The highest BCUT2D eigenvalue weighted by Crippen LogP contribution is 2.25. The smallest absolute Gasteiger partial charge is 0.320 e. The van der Waals surface area contributed by atoms with Crippen molar-refractivity contribution >= 4 is 12.0 Å². The van der Waals surface area contributed by atoms with Crippen molar-refractivity contribution in [3.63, 3.8) is 0 Å². The normalized spacial score (nSPS) is 24.1. The van der Waals surface area contributed by atoms with E-state index in [0.29, 0.717) is 19.5 Å². The molecule has 21 heavy (non-hydrogen) atoms. The molecule has 2 saturated heterocycles. The number of carbonyl (C=O) groups excluding carboxylic acids is 1. The first kappa shape index (κ1) is 16.1. The summed E-state index contributed by atoms with van der Waals surface area (Å²) in [5, 5.41) is 18.0. The molecule has 0 spiro atoms. The maximum Gasteiger partial charge on any atom is 0.320 e. The minimum Gasteiger partial charge on any atom is -0.481 e. The number of aliphatic carboxylic acids is 1. The molecule has 0 bridgehead atoms. The second kappa shape index (κ2) is 7.64. The second-order valence-corrected chi connectivity index (χ2v) is 6.17. The molecule has 2 fully saturated rings. The van der Waals surface area contributed by atoms with Gasteiger partial charge in [0.25, 0.3) is 0 Å². The van der Waals surface area contributed by atoms with Crippen LogP contribution in [-0.4, -0.2) is 64.3 Å². The summed E-state index contributed by atoms with van der Waals surface area (Å²) < 4.78 is 0. The van der Waals surface area contributed by atoms with Crippen LogP contribution < -0.4 is 0 Å². The third-order valence-electron chi connectivity index (χ3n) is 4.68. The third-order valence-corrected chi connectivity index (χ3v) is 4.68. The van der Waals surface area contributed by atoms with E-state index < -0.39 is 5.97 Å². The maximum atomic E-state index is 12.6. The lowest BCUT2D eigenvalue weighted by Gasteiger charge is -2.41. The summed E-state index contributed by atoms with van der Waals surface area (Å²) in [6.07, 6.45) is 5.53. The van der Waals surface area contributed by atoms with Crippen molar-refractivity contribution < 1.29 is 19.8 Å². The van der Waals surface area contributed by atoms with E-state index in [0.717, 1.165) is 38.6 Å². The van der Waals surface area contributed by atoms with Gasteiger partial charge < -0.3 is 20.0 Å². The van der Waals surface area contributed by atoms with E-state index in [1.54, 1.807) is 0 Å². The van der Waals surface area contributed by atoms with Crippen molar-refractivity contribution in [2.75, 3.05) is 26.2 Å². The largest absolute Gasteiger partial charge is 0.481 e. The molecule has 1 unspecified atom stereocenters. The number of aliphatic hydroxyl groups is 1. The molecular formula is C15H26N2O4. The van der Waals surface area contributed by atoms with E-state index >= 15 is 0 Å². The summed E-state index contributed by atoms with van der Waals surface area (Å²) >= 11 is 0. The van der Waals surface area contributed by atoms with Crippen molar-refractivity contribution in [2.45, 2.75) is 51.0 Å². The summed E-state index contributed by atoms with van der Waals surface area (Å²) in [4.78, 5) is 27.1. The van der Waals surface area contributed by atoms with Gasteiger partial charge in [-0.25, -0.2) is 4.79 Å². The predicted octanol–water partition coefficient (Wildman–Crippen LogP) is 1.53. The number of hydrogen-bond acceptors (Lipinski definition) is 3. The minimum atomic E-state index is -0.751. The lowest BCUT2D eigenvalue weighted by molar-refractivity contribution is -0.138. The summed E-state index contributed by atoms with van der Waals surface area (Å²) in [5.74, 6) is -0.556. The van der Waals surface area contributed by atoms with Gasteiger partial charge in [-0.3, -0.25) is 4.79 Å². The van der Waals surface area contributed by atoms with Gasteiger partial charge in [0.1, 0.15) is 0 Å². The molecule has 0 aliphatic carbocycles. The van der Waals surface area contributed by atoms with Gasteiger partial charge in [-0.2, -0.15) is 0 Å². The summed E-state index contributed by atoms with van der Waals surface area (Å²) in [6.45, 7) is 2.20. The van der Waals surface area contributed by atoms with Gasteiger partial charge >= 0.3 is 12.0 Å². The van der Waals surface area contributed by atoms with E-state index in [-0.39, 0.29) is 31.0 Å². The Kier molecular flexibility index (Phi) is 5.85. The topological polar surface area (TPSA) is 81.1 Å². The lowest BCUT2D eigenvalue weighted by atomic mass is 9.93. The Morgan fingerprint density at radius 2 is 1.76 bits per heavy atom. The Bertz CT molecular complexity index is 365. The van der Waals surface area contributed by atoms with Crippen LogP contribution in [0.4, 0.5) is 4.79 Å². The number of carbonyl (C=O) groups is 2. The van der Waals surface area contributed by atoms with Gasteiger partial charge in [0.05, 0.1) is 0 Å². The van der Waals surface area contributed by atoms with Crippen molar-refractivity contribution in [3.05, 3.63) is 0 Å². The minimum absolute atomic E-state index is 0.0712. The number of piperidine rings is 2. The highest BCUT2D eigenvalue weighted by molar-refractivity contribution is 5.75.